The molecule has 4 rings (SSSR count). The topological polar surface area (TPSA) is 57.7 Å². The molecule has 1 aliphatic rings. The van der Waals surface area contributed by atoms with E-state index in [1.165, 1.54) is 0 Å². The smallest absolute Gasteiger partial charge is 0.322 e. The van der Waals surface area contributed by atoms with Crippen LogP contribution in [0.15, 0.2) is 79.1 Å². The van der Waals surface area contributed by atoms with Gasteiger partial charge in [-0.15, -0.1) is 0 Å². The number of rotatable bonds is 7. The molecular formula is C25H28N4O2. The number of hydrogen-bond acceptors (Lipinski definition) is 4. The van der Waals surface area contributed by atoms with Crippen LogP contribution in [-0.2, 0) is 11.3 Å². The first-order valence-corrected chi connectivity index (χ1v) is 10.6. The minimum Gasteiger partial charge on any atom is -0.376 e. The van der Waals surface area contributed by atoms with Crippen LogP contribution in [0.3, 0.4) is 0 Å². The van der Waals surface area contributed by atoms with Gasteiger partial charge in [-0.1, -0.05) is 36.4 Å². The number of nitrogens with one attached hydrogen (secondary N) is 1. The van der Waals surface area contributed by atoms with Crippen LogP contribution in [0.5, 0.6) is 0 Å². The van der Waals surface area contributed by atoms with Gasteiger partial charge >= 0.3 is 6.03 Å². The van der Waals surface area contributed by atoms with E-state index in [-0.39, 0.29) is 12.1 Å². The molecule has 0 bridgehead atoms. The zero-order chi connectivity index (χ0) is 21.5. The van der Waals surface area contributed by atoms with Crippen molar-refractivity contribution in [2.75, 3.05) is 30.4 Å². The van der Waals surface area contributed by atoms with E-state index in [0.29, 0.717) is 13.1 Å². The van der Waals surface area contributed by atoms with Crippen LogP contribution in [0, 0.1) is 0 Å². The number of hydrogen-bond donors (Lipinski definition) is 1. The Morgan fingerprint density at radius 3 is 2.65 bits per heavy atom. The maximum atomic E-state index is 13.3. The molecular weight excluding hydrogens is 388 g/mol. The number of pyridine rings is 1. The van der Waals surface area contributed by atoms with Gasteiger partial charge in [0.2, 0.25) is 0 Å². The Balaban J connectivity index is 1.54. The molecule has 0 unspecified atom stereocenters. The van der Waals surface area contributed by atoms with Crippen LogP contribution in [0.4, 0.5) is 21.9 Å². The van der Waals surface area contributed by atoms with Gasteiger partial charge < -0.3 is 19.9 Å². The average molecular weight is 417 g/mol. The summed E-state index contributed by atoms with van der Waals surface area (Å²) in [5, 5.41) is 3.12. The van der Waals surface area contributed by atoms with E-state index in [0.717, 1.165) is 42.1 Å². The Morgan fingerprint density at radius 1 is 1.10 bits per heavy atom. The minimum absolute atomic E-state index is 0.0738. The number of benzene rings is 2. The van der Waals surface area contributed by atoms with Crippen molar-refractivity contribution in [2.24, 2.45) is 0 Å². The quantitative estimate of drug-likeness (QED) is 0.585. The summed E-state index contributed by atoms with van der Waals surface area (Å²) >= 11 is 0. The van der Waals surface area contributed by atoms with E-state index in [1.54, 1.807) is 12.4 Å². The molecule has 2 amide bonds. The van der Waals surface area contributed by atoms with E-state index in [4.69, 9.17) is 4.74 Å². The van der Waals surface area contributed by atoms with Gasteiger partial charge in [0.25, 0.3) is 0 Å². The van der Waals surface area contributed by atoms with Crippen molar-refractivity contribution in [1.82, 2.24) is 9.88 Å². The van der Waals surface area contributed by atoms with Crippen LogP contribution in [0.1, 0.15) is 18.4 Å². The van der Waals surface area contributed by atoms with Gasteiger partial charge in [0.1, 0.15) is 0 Å². The molecule has 1 fully saturated rings. The summed E-state index contributed by atoms with van der Waals surface area (Å²) in [5.74, 6) is 0. The second kappa shape index (κ2) is 10.1. The standard InChI is InChI=1S/C25H28N4O2/c1-28(21-10-3-2-4-11-21)24-14-6-5-13-23(24)27-25(30)29(19-22-12-8-16-31-22)18-20-9-7-15-26-17-20/h2-7,9-11,13-15,17,22H,8,12,16,18-19H2,1H3,(H,27,30)/t22-/m0/s1. The fourth-order valence-electron chi connectivity index (χ4n) is 3.82. The molecule has 1 N–H and O–H groups in total. The highest BCUT2D eigenvalue weighted by Crippen LogP contribution is 2.30. The third-order valence-corrected chi connectivity index (χ3v) is 5.48. The third kappa shape index (κ3) is 5.41. The molecule has 31 heavy (non-hydrogen) atoms. The van der Waals surface area contributed by atoms with Crippen LogP contribution in [0.2, 0.25) is 0 Å². The van der Waals surface area contributed by atoms with Crippen molar-refractivity contribution in [3.63, 3.8) is 0 Å². The number of ether oxygens (including phenoxy) is 1. The average Bonchev–Trinajstić information content (AvgIpc) is 3.33. The molecule has 6 heteroatoms. The summed E-state index contributed by atoms with van der Waals surface area (Å²) in [4.78, 5) is 21.4. The van der Waals surface area contributed by atoms with Crippen molar-refractivity contribution in [1.29, 1.82) is 0 Å². The van der Waals surface area contributed by atoms with Crippen molar-refractivity contribution >= 4 is 23.1 Å². The molecule has 3 aromatic rings. The highest BCUT2D eigenvalue weighted by atomic mass is 16.5. The Labute approximate surface area is 183 Å². The fourth-order valence-corrected chi connectivity index (χ4v) is 3.82. The Kier molecular flexibility index (Phi) is 6.79. The van der Waals surface area contributed by atoms with Crippen molar-refractivity contribution in [2.45, 2.75) is 25.5 Å². The zero-order valence-electron chi connectivity index (χ0n) is 17.8. The van der Waals surface area contributed by atoms with Crippen molar-refractivity contribution in [3.05, 3.63) is 84.7 Å². The van der Waals surface area contributed by atoms with E-state index < -0.39 is 0 Å². The first-order chi connectivity index (χ1) is 15.2. The van der Waals surface area contributed by atoms with Crippen molar-refractivity contribution in [3.8, 4) is 0 Å². The summed E-state index contributed by atoms with van der Waals surface area (Å²) in [6.45, 7) is 1.80. The Hall–Kier alpha value is -3.38. The summed E-state index contributed by atoms with van der Waals surface area (Å²) < 4.78 is 5.80. The van der Waals surface area contributed by atoms with Gasteiger partial charge in [0.05, 0.1) is 17.5 Å². The second-order valence-corrected chi connectivity index (χ2v) is 7.72. The number of aromatic nitrogens is 1. The van der Waals surface area contributed by atoms with Crippen molar-refractivity contribution < 1.29 is 9.53 Å². The SMILES string of the molecule is CN(c1ccccc1)c1ccccc1NC(=O)N(Cc1cccnc1)C[C@@H]1CCCO1. The first kappa shape index (κ1) is 20.9. The molecule has 1 aromatic heterocycles. The lowest BCUT2D eigenvalue weighted by molar-refractivity contribution is 0.0819. The summed E-state index contributed by atoms with van der Waals surface area (Å²) in [6.07, 6.45) is 5.63. The predicted octanol–water partition coefficient (Wildman–Crippen LogP) is 5.06. The highest BCUT2D eigenvalue weighted by molar-refractivity contribution is 5.94. The molecule has 1 saturated heterocycles. The lowest BCUT2D eigenvalue weighted by Crippen LogP contribution is -2.39. The van der Waals surface area contributed by atoms with Crippen LogP contribution >= 0.6 is 0 Å². The number of urea groups is 1. The van der Waals surface area contributed by atoms with Crippen LogP contribution < -0.4 is 10.2 Å². The number of amides is 2. The molecule has 1 atom stereocenters. The third-order valence-electron chi connectivity index (χ3n) is 5.48. The predicted molar refractivity (Wildman–Crippen MR) is 124 cm³/mol. The summed E-state index contributed by atoms with van der Waals surface area (Å²) in [6, 6.07) is 21.7. The van der Waals surface area contributed by atoms with Crippen LogP contribution in [-0.4, -0.2) is 42.2 Å². The first-order valence-electron chi connectivity index (χ1n) is 10.6. The molecule has 2 aromatic carbocycles. The second-order valence-electron chi connectivity index (χ2n) is 7.72. The monoisotopic (exact) mass is 416 g/mol. The molecule has 160 valence electrons. The summed E-state index contributed by atoms with van der Waals surface area (Å²) in [7, 11) is 2.00. The summed E-state index contributed by atoms with van der Waals surface area (Å²) in [5.41, 5.74) is 3.74. The molecule has 0 radical (unpaired) electrons. The maximum Gasteiger partial charge on any atom is 0.322 e. The van der Waals surface area contributed by atoms with Crippen LogP contribution in [0.25, 0.3) is 0 Å². The van der Waals surface area contributed by atoms with Gasteiger partial charge in [-0.25, -0.2) is 4.79 Å². The zero-order valence-corrected chi connectivity index (χ0v) is 17.8. The molecule has 0 spiro atoms. The number of anilines is 3. The molecule has 0 saturated carbocycles. The maximum absolute atomic E-state index is 13.3. The Bertz CT molecular complexity index is 975. The van der Waals surface area contributed by atoms with E-state index in [1.807, 2.05) is 78.7 Å². The number of para-hydroxylation sites is 3. The Morgan fingerprint density at radius 2 is 1.90 bits per heavy atom. The van der Waals surface area contributed by atoms with E-state index in [9.17, 15) is 4.79 Å². The number of carbonyl (C=O) groups is 1. The van der Waals surface area contributed by atoms with Gasteiger partial charge in [0, 0.05) is 44.8 Å². The van der Waals surface area contributed by atoms with Gasteiger partial charge in [0.15, 0.2) is 0 Å². The largest absolute Gasteiger partial charge is 0.376 e. The van der Waals surface area contributed by atoms with Gasteiger partial charge in [-0.2, -0.15) is 0 Å². The highest BCUT2D eigenvalue weighted by Gasteiger charge is 2.24. The number of carbonyl (C=O) groups excluding carboxylic acids is 1. The lowest BCUT2D eigenvalue weighted by atomic mass is 10.2. The normalized spacial score (nSPS) is 15.5. The minimum atomic E-state index is -0.145. The molecule has 1 aliphatic heterocycles. The fraction of sp³-hybridized carbons (Fsp3) is 0.280. The van der Waals surface area contributed by atoms with Gasteiger partial charge in [-0.05, 0) is 48.7 Å². The van der Waals surface area contributed by atoms with E-state index >= 15 is 0 Å². The van der Waals surface area contributed by atoms with Gasteiger partial charge in [-0.3, -0.25) is 4.98 Å². The van der Waals surface area contributed by atoms with E-state index in [2.05, 4.69) is 15.2 Å². The lowest BCUT2D eigenvalue weighted by Gasteiger charge is -2.28. The molecule has 6 nitrogen and oxygen atoms in total. The molecule has 2 heterocycles. The number of nitrogens with zero attached hydrogens (tertiary/aromatic N) is 3. The molecule has 0 aliphatic carbocycles.